The van der Waals surface area contributed by atoms with Crippen LogP contribution >= 0.6 is 0 Å². The molecule has 2 N–H and O–H groups in total. The summed E-state index contributed by atoms with van der Waals surface area (Å²) in [6.07, 6.45) is 2.85. The lowest BCUT2D eigenvalue weighted by Gasteiger charge is -2.36. The van der Waals surface area contributed by atoms with Gasteiger partial charge in [0.2, 0.25) is 10.0 Å². The summed E-state index contributed by atoms with van der Waals surface area (Å²) in [5.74, 6) is 0.481. The summed E-state index contributed by atoms with van der Waals surface area (Å²) in [6, 6.07) is 4.54. The highest BCUT2D eigenvalue weighted by atomic mass is 32.2. The fourth-order valence-electron chi connectivity index (χ4n) is 2.49. The van der Waals surface area contributed by atoms with E-state index in [2.05, 4.69) is 11.9 Å². The largest absolute Gasteiger partial charge is 0.329 e. The molecule has 0 amide bonds. The van der Waals surface area contributed by atoms with Crippen molar-refractivity contribution in [3.63, 3.8) is 0 Å². The van der Waals surface area contributed by atoms with Gasteiger partial charge >= 0.3 is 0 Å². The molecule has 1 aromatic heterocycles. The number of rotatable bonds is 3. The minimum atomic E-state index is -3.59. The Morgan fingerprint density at radius 2 is 2.30 bits per heavy atom. The van der Waals surface area contributed by atoms with Crippen LogP contribution in [0.3, 0.4) is 0 Å². The van der Waals surface area contributed by atoms with Crippen LogP contribution in [0.4, 0.5) is 0 Å². The summed E-state index contributed by atoms with van der Waals surface area (Å²) in [5, 5.41) is 8.70. The number of nitrogens with zero attached hydrogens (tertiary/aromatic N) is 3. The molecule has 0 aliphatic carbocycles. The molecular formula is C13H18N4O2S. The van der Waals surface area contributed by atoms with E-state index in [9.17, 15) is 8.42 Å². The first-order chi connectivity index (χ1) is 9.48. The van der Waals surface area contributed by atoms with Crippen molar-refractivity contribution in [2.75, 3.05) is 13.1 Å². The summed E-state index contributed by atoms with van der Waals surface area (Å²) < 4.78 is 26.7. The Hall–Kier alpha value is -1.49. The zero-order valence-electron chi connectivity index (χ0n) is 11.4. The number of hydrogen-bond donors (Lipinski definition) is 1. The van der Waals surface area contributed by atoms with Crippen molar-refractivity contribution in [2.45, 2.75) is 30.7 Å². The van der Waals surface area contributed by atoms with E-state index in [0.717, 1.165) is 12.8 Å². The molecule has 1 aliphatic heterocycles. The lowest BCUT2D eigenvalue weighted by molar-refractivity contribution is 0.211. The molecule has 2 heterocycles. The molecule has 7 heteroatoms. The molecule has 1 saturated heterocycles. The SMILES string of the molecule is CC1CCN(S(=O)(=O)c2ccc(C#N)nc2)C(CN)C1. The molecule has 0 radical (unpaired) electrons. The van der Waals surface area contributed by atoms with Gasteiger partial charge in [-0.3, -0.25) is 0 Å². The molecule has 6 nitrogen and oxygen atoms in total. The van der Waals surface area contributed by atoms with E-state index in [4.69, 9.17) is 11.0 Å². The van der Waals surface area contributed by atoms with Crippen LogP contribution in [-0.2, 0) is 10.0 Å². The van der Waals surface area contributed by atoms with E-state index in [-0.39, 0.29) is 16.6 Å². The molecule has 0 saturated carbocycles. The van der Waals surface area contributed by atoms with Gasteiger partial charge < -0.3 is 5.73 Å². The van der Waals surface area contributed by atoms with Crippen LogP contribution in [0.5, 0.6) is 0 Å². The lowest BCUT2D eigenvalue weighted by atomic mass is 9.94. The van der Waals surface area contributed by atoms with Crippen molar-refractivity contribution in [3.05, 3.63) is 24.0 Å². The van der Waals surface area contributed by atoms with Crippen LogP contribution < -0.4 is 5.73 Å². The molecule has 108 valence electrons. The summed E-state index contributed by atoms with van der Waals surface area (Å²) in [4.78, 5) is 3.94. The molecule has 1 aromatic rings. The topological polar surface area (TPSA) is 100 Å². The van der Waals surface area contributed by atoms with Gasteiger partial charge in [0.15, 0.2) is 0 Å². The van der Waals surface area contributed by atoms with Crippen molar-refractivity contribution in [2.24, 2.45) is 11.7 Å². The molecule has 2 unspecified atom stereocenters. The van der Waals surface area contributed by atoms with Gasteiger partial charge in [-0.1, -0.05) is 6.92 Å². The third kappa shape index (κ3) is 2.82. The molecule has 1 fully saturated rings. The maximum Gasteiger partial charge on any atom is 0.244 e. The number of hydrogen-bond acceptors (Lipinski definition) is 5. The van der Waals surface area contributed by atoms with Gasteiger partial charge in [0.1, 0.15) is 16.7 Å². The molecule has 1 aliphatic rings. The highest BCUT2D eigenvalue weighted by molar-refractivity contribution is 7.89. The highest BCUT2D eigenvalue weighted by Crippen LogP contribution is 2.27. The first-order valence-corrected chi connectivity index (χ1v) is 8.01. The van der Waals surface area contributed by atoms with E-state index in [0.29, 0.717) is 19.0 Å². The van der Waals surface area contributed by atoms with Crippen LogP contribution in [-0.4, -0.2) is 36.8 Å². The average molecular weight is 294 g/mol. The second kappa shape index (κ2) is 5.87. The summed E-state index contributed by atoms with van der Waals surface area (Å²) >= 11 is 0. The van der Waals surface area contributed by atoms with Crippen molar-refractivity contribution in [1.82, 2.24) is 9.29 Å². The van der Waals surface area contributed by atoms with Gasteiger partial charge in [-0.25, -0.2) is 13.4 Å². The minimum absolute atomic E-state index is 0.115. The average Bonchev–Trinajstić information content (AvgIpc) is 2.46. The molecule has 20 heavy (non-hydrogen) atoms. The van der Waals surface area contributed by atoms with Crippen molar-refractivity contribution in [3.8, 4) is 6.07 Å². The third-order valence-corrected chi connectivity index (χ3v) is 5.59. The Morgan fingerprint density at radius 3 is 2.85 bits per heavy atom. The Balaban J connectivity index is 2.31. The molecule has 0 bridgehead atoms. The Kier molecular flexibility index (Phi) is 4.38. The van der Waals surface area contributed by atoms with E-state index >= 15 is 0 Å². The van der Waals surface area contributed by atoms with E-state index < -0.39 is 10.0 Å². The fourth-order valence-corrected chi connectivity index (χ4v) is 4.10. The number of sulfonamides is 1. The number of aromatic nitrogens is 1. The second-order valence-corrected chi connectivity index (χ2v) is 7.02. The van der Waals surface area contributed by atoms with Crippen LogP contribution in [0.1, 0.15) is 25.5 Å². The number of nitriles is 1. The predicted octanol–water partition coefficient (Wildman–Crippen LogP) is 0.701. The van der Waals surface area contributed by atoms with E-state index in [1.54, 1.807) is 0 Å². The normalized spacial score (nSPS) is 24.2. The highest BCUT2D eigenvalue weighted by Gasteiger charge is 2.35. The summed E-state index contributed by atoms with van der Waals surface area (Å²) in [7, 11) is -3.59. The van der Waals surface area contributed by atoms with Crippen LogP contribution in [0.2, 0.25) is 0 Å². The maximum absolute atomic E-state index is 12.6. The smallest absolute Gasteiger partial charge is 0.244 e. The lowest BCUT2D eigenvalue weighted by Crippen LogP contribution is -2.49. The minimum Gasteiger partial charge on any atom is -0.329 e. The third-order valence-electron chi connectivity index (χ3n) is 3.65. The predicted molar refractivity (Wildman–Crippen MR) is 74.1 cm³/mol. The van der Waals surface area contributed by atoms with Crippen LogP contribution in [0.15, 0.2) is 23.2 Å². The van der Waals surface area contributed by atoms with Gasteiger partial charge in [-0.05, 0) is 30.9 Å². The Labute approximate surface area is 119 Å². The molecular weight excluding hydrogens is 276 g/mol. The zero-order chi connectivity index (χ0) is 14.8. The maximum atomic E-state index is 12.6. The van der Waals surface area contributed by atoms with Gasteiger partial charge in [-0.15, -0.1) is 0 Å². The Bertz CT molecular complexity index is 606. The van der Waals surface area contributed by atoms with E-state index in [1.165, 1.54) is 22.6 Å². The monoisotopic (exact) mass is 294 g/mol. The van der Waals surface area contributed by atoms with Gasteiger partial charge in [-0.2, -0.15) is 9.57 Å². The zero-order valence-corrected chi connectivity index (χ0v) is 12.2. The van der Waals surface area contributed by atoms with Crippen LogP contribution in [0.25, 0.3) is 0 Å². The molecule has 2 rings (SSSR count). The van der Waals surface area contributed by atoms with Crippen molar-refractivity contribution in [1.29, 1.82) is 5.26 Å². The fraction of sp³-hybridized carbons (Fsp3) is 0.538. The van der Waals surface area contributed by atoms with Crippen molar-refractivity contribution >= 4 is 10.0 Å². The molecule has 0 aromatic carbocycles. The first-order valence-electron chi connectivity index (χ1n) is 6.57. The summed E-state index contributed by atoms with van der Waals surface area (Å²) in [6.45, 7) is 2.90. The van der Waals surface area contributed by atoms with Crippen molar-refractivity contribution < 1.29 is 8.42 Å². The second-order valence-electron chi connectivity index (χ2n) is 5.13. The quantitative estimate of drug-likeness (QED) is 0.884. The van der Waals surface area contributed by atoms with Gasteiger partial charge in [0.25, 0.3) is 0 Å². The van der Waals surface area contributed by atoms with Gasteiger partial charge in [0.05, 0.1) is 0 Å². The van der Waals surface area contributed by atoms with Gasteiger partial charge in [0, 0.05) is 25.3 Å². The molecule has 0 spiro atoms. The number of pyridine rings is 1. The standard InChI is InChI=1S/C13H18N4O2S/c1-10-4-5-17(12(6-10)8-15)20(18,19)13-3-2-11(7-14)16-9-13/h2-3,9-10,12H,4-6,8,15H2,1H3. The summed E-state index contributed by atoms with van der Waals surface area (Å²) in [5.41, 5.74) is 5.91. The van der Waals surface area contributed by atoms with E-state index in [1.807, 2.05) is 6.07 Å². The molecule has 2 atom stereocenters. The van der Waals surface area contributed by atoms with Crippen LogP contribution in [0, 0.1) is 17.2 Å². The number of nitrogens with two attached hydrogens (primary N) is 1. The number of piperidine rings is 1. The Morgan fingerprint density at radius 1 is 1.55 bits per heavy atom. The first kappa shape index (κ1) is 14.9.